The summed E-state index contributed by atoms with van der Waals surface area (Å²) in [5.74, 6) is -1.60. The van der Waals surface area contributed by atoms with Crippen molar-refractivity contribution in [2.45, 2.75) is 32.9 Å². The molecule has 0 saturated carbocycles. The molecule has 21 heavy (non-hydrogen) atoms. The standard InChI is InChI=1S/C13H15FN2O3.C2H4/c1-7-4-8-10(5-9(7)14)16(6-13(2,3)19)15-11(8)12(17)18;1-2/h4-5,19H,6H2,1-3H3,(H,17,18);1-2H2. The lowest BCUT2D eigenvalue weighted by Crippen LogP contribution is -2.26. The predicted molar refractivity (Wildman–Crippen MR) is 78.9 cm³/mol. The lowest BCUT2D eigenvalue weighted by Gasteiger charge is -2.17. The van der Waals surface area contributed by atoms with Crippen LogP contribution in [0.4, 0.5) is 4.39 Å². The summed E-state index contributed by atoms with van der Waals surface area (Å²) in [5, 5.41) is 23.2. The number of fused-ring (bicyclic) bond motifs is 1. The molecule has 0 amide bonds. The Kier molecular flexibility index (Phi) is 4.85. The molecule has 114 valence electrons. The number of aromatic nitrogens is 2. The number of nitrogens with zero attached hydrogens (tertiary/aromatic N) is 2. The molecule has 0 fully saturated rings. The summed E-state index contributed by atoms with van der Waals surface area (Å²) >= 11 is 0. The van der Waals surface area contributed by atoms with Gasteiger partial charge >= 0.3 is 5.97 Å². The van der Waals surface area contributed by atoms with Crippen molar-refractivity contribution in [1.29, 1.82) is 0 Å². The Labute approximate surface area is 122 Å². The molecule has 0 saturated heterocycles. The van der Waals surface area contributed by atoms with Gasteiger partial charge in [-0.2, -0.15) is 5.10 Å². The largest absolute Gasteiger partial charge is 0.476 e. The van der Waals surface area contributed by atoms with Crippen molar-refractivity contribution in [3.63, 3.8) is 0 Å². The molecule has 0 spiro atoms. The number of halogens is 1. The van der Waals surface area contributed by atoms with Gasteiger partial charge in [0.1, 0.15) is 5.82 Å². The minimum absolute atomic E-state index is 0.0826. The van der Waals surface area contributed by atoms with Crippen molar-refractivity contribution in [2.24, 2.45) is 0 Å². The van der Waals surface area contributed by atoms with E-state index >= 15 is 0 Å². The summed E-state index contributed by atoms with van der Waals surface area (Å²) in [5.41, 5.74) is -0.487. The number of carboxylic acids is 1. The van der Waals surface area contributed by atoms with Crippen molar-refractivity contribution >= 4 is 16.9 Å². The van der Waals surface area contributed by atoms with E-state index in [2.05, 4.69) is 18.3 Å². The van der Waals surface area contributed by atoms with E-state index < -0.39 is 17.4 Å². The van der Waals surface area contributed by atoms with Crippen molar-refractivity contribution in [3.05, 3.63) is 42.4 Å². The van der Waals surface area contributed by atoms with Crippen LogP contribution < -0.4 is 0 Å². The Morgan fingerprint density at radius 3 is 2.48 bits per heavy atom. The highest BCUT2D eigenvalue weighted by atomic mass is 19.1. The minimum Gasteiger partial charge on any atom is -0.476 e. The van der Waals surface area contributed by atoms with E-state index in [9.17, 15) is 14.3 Å². The Bertz CT molecular complexity index is 672. The molecular formula is C15H19FN2O3. The highest BCUT2D eigenvalue weighted by Crippen LogP contribution is 2.24. The number of hydrogen-bond donors (Lipinski definition) is 2. The summed E-state index contributed by atoms with van der Waals surface area (Å²) in [6, 6.07) is 2.71. The van der Waals surface area contributed by atoms with E-state index in [1.807, 2.05) is 0 Å². The van der Waals surface area contributed by atoms with Crippen molar-refractivity contribution in [2.75, 3.05) is 0 Å². The van der Waals surface area contributed by atoms with Crippen LogP contribution in [0.3, 0.4) is 0 Å². The molecular weight excluding hydrogens is 275 g/mol. The van der Waals surface area contributed by atoms with Gasteiger partial charge in [-0.15, -0.1) is 13.2 Å². The van der Waals surface area contributed by atoms with Crippen LogP contribution >= 0.6 is 0 Å². The first-order valence-electron chi connectivity index (χ1n) is 6.31. The minimum atomic E-state index is -1.18. The molecule has 2 aromatic rings. The average Bonchev–Trinajstić information content (AvgIpc) is 2.69. The van der Waals surface area contributed by atoms with Crippen LogP contribution in [0.1, 0.15) is 29.9 Å². The maximum Gasteiger partial charge on any atom is 0.357 e. The molecule has 1 aromatic heterocycles. The molecule has 0 unspecified atom stereocenters. The van der Waals surface area contributed by atoms with Gasteiger partial charge in [0.2, 0.25) is 0 Å². The van der Waals surface area contributed by atoms with Crippen molar-refractivity contribution < 1.29 is 19.4 Å². The first kappa shape index (κ1) is 16.8. The fourth-order valence-corrected chi connectivity index (χ4v) is 1.95. The Morgan fingerprint density at radius 2 is 2.00 bits per heavy atom. The predicted octanol–water partition coefficient (Wildman–Crippen LogP) is 2.76. The number of aryl methyl sites for hydroxylation is 1. The van der Waals surface area contributed by atoms with E-state index in [4.69, 9.17) is 5.11 Å². The van der Waals surface area contributed by atoms with E-state index in [0.717, 1.165) is 0 Å². The second kappa shape index (κ2) is 6.05. The van der Waals surface area contributed by atoms with Crippen LogP contribution in [-0.2, 0) is 6.54 Å². The molecule has 0 atom stereocenters. The summed E-state index contributed by atoms with van der Waals surface area (Å²) in [6.07, 6.45) is 0. The van der Waals surface area contributed by atoms with Crippen LogP contribution in [0.5, 0.6) is 0 Å². The lowest BCUT2D eigenvalue weighted by molar-refractivity contribution is 0.0576. The molecule has 0 bridgehead atoms. The van der Waals surface area contributed by atoms with Gasteiger partial charge in [-0.25, -0.2) is 9.18 Å². The monoisotopic (exact) mass is 294 g/mol. The maximum atomic E-state index is 13.6. The zero-order chi connectivity index (χ0) is 16.4. The summed E-state index contributed by atoms with van der Waals surface area (Å²) in [4.78, 5) is 11.2. The van der Waals surface area contributed by atoms with Crippen molar-refractivity contribution in [1.82, 2.24) is 9.78 Å². The molecule has 2 N–H and O–H groups in total. The SMILES string of the molecule is C=C.Cc1cc2c(C(=O)O)nn(CC(C)(C)O)c2cc1F. The molecule has 0 aliphatic heterocycles. The third kappa shape index (κ3) is 3.66. The maximum absolute atomic E-state index is 13.6. The lowest BCUT2D eigenvalue weighted by atomic mass is 10.1. The molecule has 0 radical (unpaired) electrons. The number of aromatic carboxylic acids is 1. The summed E-state index contributed by atoms with van der Waals surface area (Å²) in [6.45, 7) is 10.8. The quantitative estimate of drug-likeness (QED) is 0.853. The summed E-state index contributed by atoms with van der Waals surface area (Å²) < 4.78 is 14.9. The highest BCUT2D eigenvalue weighted by molar-refractivity contribution is 6.01. The van der Waals surface area contributed by atoms with Crippen LogP contribution in [0.2, 0.25) is 0 Å². The number of carboxylic acid groups (broad SMARTS) is 1. The Morgan fingerprint density at radius 1 is 1.43 bits per heavy atom. The molecule has 0 aliphatic carbocycles. The normalized spacial score (nSPS) is 11.1. The first-order valence-corrected chi connectivity index (χ1v) is 6.31. The van der Waals surface area contributed by atoms with Gasteiger partial charge in [-0.3, -0.25) is 4.68 Å². The number of carbonyl (C=O) groups is 1. The highest BCUT2D eigenvalue weighted by Gasteiger charge is 2.22. The second-order valence-corrected chi connectivity index (χ2v) is 5.24. The fourth-order valence-electron chi connectivity index (χ4n) is 1.95. The van der Waals surface area contributed by atoms with Gasteiger partial charge in [0, 0.05) is 11.5 Å². The molecule has 6 heteroatoms. The molecule has 0 aliphatic rings. The van der Waals surface area contributed by atoms with Crippen LogP contribution in [0.25, 0.3) is 10.9 Å². The van der Waals surface area contributed by atoms with Crippen LogP contribution in [0.15, 0.2) is 25.3 Å². The Hall–Kier alpha value is -2.21. The van der Waals surface area contributed by atoms with Gasteiger partial charge in [0.15, 0.2) is 5.69 Å². The smallest absolute Gasteiger partial charge is 0.357 e. The van der Waals surface area contributed by atoms with Gasteiger partial charge < -0.3 is 10.2 Å². The second-order valence-electron chi connectivity index (χ2n) is 5.24. The zero-order valence-electron chi connectivity index (χ0n) is 12.4. The molecule has 2 rings (SSSR count). The number of aliphatic hydroxyl groups is 1. The van der Waals surface area contributed by atoms with E-state index in [1.54, 1.807) is 20.8 Å². The third-order valence-corrected chi connectivity index (χ3v) is 2.77. The number of rotatable bonds is 3. The summed E-state index contributed by atoms with van der Waals surface area (Å²) in [7, 11) is 0. The van der Waals surface area contributed by atoms with E-state index in [-0.39, 0.29) is 12.2 Å². The Balaban J connectivity index is 0.00000106. The molecule has 1 aromatic carbocycles. The van der Waals surface area contributed by atoms with E-state index in [0.29, 0.717) is 16.5 Å². The average molecular weight is 294 g/mol. The van der Waals surface area contributed by atoms with Gasteiger partial charge in [0.25, 0.3) is 0 Å². The topological polar surface area (TPSA) is 75.3 Å². The molecule has 5 nitrogen and oxygen atoms in total. The first-order chi connectivity index (χ1) is 9.69. The van der Waals surface area contributed by atoms with Gasteiger partial charge in [-0.05, 0) is 32.4 Å². The number of hydrogen-bond acceptors (Lipinski definition) is 3. The zero-order valence-corrected chi connectivity index (χ0v) is 12.4. The van der Waals surface area contributed by atoms with Gasteiger partial charge in [-0.1, -0.05) is 0 Å². The van der Waals surface area contributed by atoms with E-state index in [1.165, 1.54) is 16.8 Å². The fraction of sp³-hybridized carbons (Fsp3) is 0.333. The molecule has 1 heterocycles. The van der Waals surface area contributed by atoms with Crippen molar-refractivity contribution in [3.8, 4) is 0 Å². The third-order valence-electron chi connectivity index (χ3n) is 2.77. The van der Waals surface area contributed by atoms with Crippen LogP contribution in [-0.4, -0.2) is 31.6 Å². The number of benzene rings is 1. The van der Waals surface area contributed by atoms with Crippen LogP contribution in [0, 0.1) is 12.7 Å². The van der Waals surface area contributed by atoms with Gasteiger partial charge in [0.05, 0.1) is 17.7 Å².